The van der Waals surface area contributed by atoms with Gasteiger partial charge in [0.15, 0.2) is 0 Å². The molecule has 0 fully saturated rings. The highest BCUT2D eigenvalue weighted by molar-refractivity contribution is 8.01. The second kappa shape index (κ2) is 4.17. The van der Waals surface area contributed by atoms with Crippen molar-refractivity contribution in [3.63, 3.8) is 0 Å². The van der Waals surface area contributed by atoms with E-state index < -0.39 is 0 Å². The van der Waals surface area contributed by atoms with Gasteiger partial charge in [0, 0.05) is 0 Å². The first kappa shape index (κ1) is 10.8. The Kier molecular flexibility index (Phi) is 2.65. The quantitative estimate of drug-likeness (QED) is 0.855. The number of fused-ring (bicyclic) bond motifs is 3. The lowest BCUT2D eigenvalue weighted by atomic mass is 10.1. The van der Waals surface area contributed by atoms with E-state index in [2.05, 4.69) is 9.97 Å². The number of aromatic amines is 1. The van der Waals surface area contributed by atoms with Crippen molar-refractivity contribution in [2.45, 2.75) is 23.5 Å². The van der Waals surface area contributed by atoms with Crippen LogP contribution in [-0.2, 0) is 12.8 Å². The van der Waals surface area contributed by atoms with Gasteiger partial charge in [-0.3, -0.25) is 4.79 Å². The fourth-order valence-corrected chi connectivity index (χ4v) is 4.56. The van der Waals surface area contributed by atoms with Gasteiger partial charge in [-0.15, -0.1) is 23.1 Å². The van der Waals surface area contributed by atoms with E-state index in [0.29, 0.717) is 5.82 Å². The van der Waals surface area contributed by atoms with Crippen LogP contribution in [0.4, 0.5) is 0 Å². The number of rotatable bonds is 1. The summed E-state index contributed by atoms with van der Waals surface area (Å²) in [5.41, 5.74) is 1.05. The second-order valence-corrected chi connectivity index (χ2v) is 6.21. The van der Waals surface area contributed by atoms with Crippen molar-refractivity contribution in [3.8, 4) is 6.07 Å². The third kappa shape index (κ3) is 1.75. The molecular formula is C11H9N3OS2. The van der Waals surface area contributed by atoms with E-state index in [-0.39, 0.29) is 12.0 Å². The lowest BCUT2D eigenvalue weighted by Gasteiger charge is -2.08. The van der Waals surface area contributed by atoms with Crippen LogP contribution in [0.25, 0.3) is 10.2 Å². The summed E-state index contributed by atoms with van der Waals surface area (Å²) in [5, 5.41) is 9.37. The average Bonchev–Trinajstić information content (AvgIpc) is 2.67. The van der Waals surface area contributed by atoms with Crippen molar-refractivity contribution in [1.29, 1.82) is 5.26 Å². The zero-order valence-electron chi connectivity index (χ0n) is 8.95. The third-order valence-electron chi connectivity index (χ3n) is 2.72. The van der Waals surface area contributed by atoms with Crippen molar-refractivity contribution in [2.24, 2.45) is 0 Å². The summed E-state index contributed by atoms with van der Waals surface area (Å²) in [6.45, 7) is 0. The van der Waals surface area contributed by atoms with Gasteiger partial charge in [0.25, 0.3) is 5.56 Å². The molecule has 4 nitrogen and oxygen atoms in total. The summed E-state index contributed by atoms with van der Waals surface area (Å²) in [4.78, 5) is 19.8. The molecular weight excluding hydrogens is 254 g/mol. The molecule has 1 aliphatic rings. The van der Waals surface area contributed by atoms with Crippen LogP contribution < -0.4 is 5.56 Å². The van der Waals surface area contributed by atoms with Gasteiger partial charge in [0.05, 0.1) is 22.1 Å². The molecule has 0 saturated carbocycles. The van der Waals surface area contributed by atoms with E-state index in [4.69, 9.17) is 5.26 Å². The Balaban J connectivity index is 2.28. The molecule has 0 radical (unpaired) electrons. The Hall–Kier alpha value is -1.32. The highest BCUT2D eigenvalue weighted by Gasteiger charge is 2.20. The monoisotopic (exact) mass is 263 g/mol. The van der Waals surface area contributed by atoms with E-state index in [1.807, 2.05) is 6.07 Å². The lowest BCUT2D eigenvalue weighted by molar-refractivity contribution is 0.908. The first-order chi connectivity index (χ1) is 8.29. The van der Waals surface area contributed by atoms with Crippen LogP contribution >= 0.6 is 23.1 Å². The molecule has 2 aromatic heterocycles. The van der Waals surface area contributed by atoms with Crippen molar-refractivity contribution in [2.75, 3.05) is 5.75 Å². The average molecular weight is 263 g/mol. The smallest absolute Gasteiger partial charge is 0.259 e. The SMILES string of the molecule is N#CCc1nc2sc3c(c2c(=O)[nH]1)CCCS3. The number of aryl methyl sites for hydroxylation is 1. The Bertz CT molecular complexity index is 680. The van der Waals surface area contributed by atoms with Crippen molar-refractivity contribution >= 4 is 33.3 Å². The molecule has 1 aliphatic heterocycles. The number of thiophene rings is 1. The molecule has 2 aromatic rings. The molecule has 0 aromatic carbocycles. The number of nitrogens with one attached hydrogen (secondary N) is 1. The van der Waals surface area contributed by atoms with Crippen LogP contribution in [0.15, 0.2) is 9.00 Å². The largest absolute Gasteiger partial charge is 0.309 e. The van der Waals surface area contributed by atoms with E-state index in [0.717, 1.165) is 34.4 Å². The molecule has 0 spiro atoms. The predicted octanol–water partition coefficient (Wildman–Crippen LogP) is 2.09. The van der Waals surface area contributed by atoms with E-state index in [9.17, 15) is 4.79 Å². The molecule has 86 valence electrons. The molecule has 0 saturated heterocycles. The van der Waals surface area contributed by atoms with Crippen LogP contribution in [0.2, 0.25) is 0 Å². The fraction of sp³-hybridized carbons (Fsp3) is 0.364. The summed E-state index contributed by atoms with van der Waals surface area (Å²) < 4.78 is 1.22. The summed E-state index contributed by atoms with van der Waals surface area (Å²) >= 11 is 3.38. The van der Waals surface area contributed by atoms with Crippen LogP contribution in [0, 0.1) is 11.3 Å². The standard InChI is InChI=1S/C11H9N3OS2/c12-4-3-7-13-9(15)8-6-2-1-5-16-11(6)17-10(8)14-7/h1-3,5H2,(H,13,14,15). The van der Waals surface area contributed by atoms with E-state index >= 15 is 0 Å². The van der Waals surface area contributed by atoms with Gasteiger partial charge in [0.1, 0.15) is 10.7 Å². The molecule has 0 amide bonds. The number of hydrogen-bond donors (Lipinski definition) is 1. The van der Waals surface area contributed by atoms with Crippen molar-refractivity contribution in [3.05, 3.63) is 21.7 Å². The van der Waals surface area contributed by atoms with Gasteiger partial charge in [0.2, 0.25) is 0 Å². The number of thioether (sulfide) groups is 1. The first-order valence-corrected chi connectivity index (χ1v) is 7.14. The van der Waals surface area contributed by atoms with Gasteiger partial charge in [-0.05, 0) is 24.2 Å². The molecule has 3 heterocycles. The third-order valence-corrected chi connectivity index (χ3v) is 5.25. The van der Waals surface area contributed by atoms with Gasteiger partial charge in [-0.25, -0.2) is 4.98 Å². The Morgan fingerprint density at radius 3 is 3.24 bits per heavy atom. The van der Waals surface area contributed by atoms with Crippen molar-refractivity contribution < 1.29 is 0 Å². The molecule has 6 heteroatoms. The van der Waals surface area contributed by atoms with Crippen LogP contribution in [0.1, 0.15) is 17.8 Å². The topological polar surface area (TPSA) is 69.5 Å². The summed E-state index contributed by atoms with van der Waals surface area (Å²) in [7, 11) is 0. The number of hydrogen-bond acceptors (Lipinski definition) is 5. The maximum atomic E-state index is 12.0. The first-order valence-electron chi connectivity index (χ1n) is 5.34. The minimum absolute atomic E-state index is 0.0970. The Morgan fingerprint density at radius 1 is 1.53 bits per heavy atom. The Morgan fingerprint density at radius 2 is 2.41 bits per heavy atom. The lowest BCUT2D eigenvalue weighted by Crippen LogP contribution is -2.12. The van der Waals surface area contributed by atoms with Gasteiger partial charge in [-0.2, -0.15) is 5.26 Å². The highest BCUT2D eigenvalue weighted by atomic mass is 32.2. The maximum absolute atomic E-state index is 12.0. The minimum atomic E-state index is -0.0970. The molecule has 0 aliphatic carbocycles. The minimum Gasteiger partial charge on any atom is -0.309 e. The van der Waals surface area contributed by atoms with Crippen molar-refractivity contribution in [1.82, 2.24) is 9.97 Å². The summed E-state index contributed by atoms with van der Waals surface area (Å²) in [6, 6.07) is 2.00. The fourth-order valence-electron chi connectivity index (χ4n) is 2.00. The van der Waals surface area contributed by atoms with Crippen LogP contribution in [0.3, 0.4) is 0 Å². The molecule has 0 bridgehead atoms. The number of nitriles is 1. The molecule has 1 N–H and O–H groups in total. The normalized spacial score (nSPS) is 14.5. The molecule has 0 unspecified atom stereocenters. The van der Waals surface area contributed by atoms with Crippen LogP contribution in [-0.4, -0.2) is 15.7 Å². The molecule has 3 rings (SSSR count). The summed E-state index contributed by atoms with van der Waals surface area (Å²) in [5.74, 6) is 1.58. The number of H-pyrrole nitrogens is 1. The van der Waals surface area contributed by atoms with E-state index in [1.54, 1.807) is 23.1 Å². The number of nitrogens with zero attached hydrogens (tertiary/aromatic N) is 2. The van der Waals surface area contributed by atoms with Crippen LogP contribution in [0.5, 0.6) is 0 Å². The molecule has 0 atom stereocenters. The van der Waals surface area contributed by atoms with Gasteiger partial charge in [-0.1, -0.05) is 0 Å². The van der Waals surface area contributed by atoms with Gasteiger partial charge < -0.3 is 4.98 Å². The Labute approximate surface area is 106 Å². The summed E-state index contributed by atoms with van der Waals surface area (Å²) in [6.07, 6.45) is 2.23. The maximum Gasteiger partial charge on any atom is 0.259 e. The van der Waals surface area contributed by atoms with Gasteiger partial charge >= 0.3 is 0 Å². The second-order valence-electron chi connectivity index (χ2n) is 3.85. The predicted molar refractivity (Wildman–Crippen MR) is 68.6 cm³/mol. The zero-order valence-corrected chi connectivity index (χ0v) is 10.6. The molecule has 17 heavy (non-hydrogen) atoms. The zero-order chi connectivity index (χ0) is 11.8. The number of aromatic nitrogens is 2. The highest BCUT2D eigenvalue weighted by Crippen LogP contribution is 2.39. The van der Waals surface area contributed by atoms with E-state index in [1.165, 1.54) is 4.21 Å².